The Kier molecular flexibility index (Phi) is 12.9. The third-order valence-electron chi connectivity index (χ3n) is 10.2. The van der Waals surface area contributed by atoms with Gasteiger partial charge in [-0.2, -0.15) is 0 Å². The van der Waals surface area contributed by atoms with E-state index in [0.717, 1.165) is 12.7 Å². The summed E-state index contributed by atoms with van der Waals surface area (Å²) in [5, 5.41) is 10.6. The maximum atomic E-state index is 14.2. The molecule has 286 valence electrons. The molecule has 0 bridgehead atoms. The van der Waals surface area contributed by atoms with Gasteiger partial charge in [0.15, 0.2) is 0 Å². The zero-order chi connectivity index (χ0) is 38.0. The van der Waals surface area contributed by atoms with Crippen LogP contribution in [-0.2, 0) is 29.2 Å². The van der Waals surface area contributed by atoms with Crippen molar-refractivity contribution >= 4 is 39.7 Å². The van der Waals surface area contributed by atoms with Crippen molar-refractivity contribution in [1.29, 1.82) is 0 Å². The first kappa shape index (κ1) is 41.3. The number of amides is 6. The fraction of sp³-hybridized carbons (Fsp3) is 0.848. The first-order valence-electron chi connectivity index (χ1n) is 17.3. The number of fused-ring (bicyclic) bond motifs is 1. The van der Waals surface area contributed by atoms with Crippen LogP contribution in [0.1, 0.15) is 81.1 Å². The molecule has 0 radical (unpaired) electrons. The molecule has 3 rings (SSSR count). The highest BCUT2D eigenvalue weighted by molar-refractivity contribution is 7.88. The van der Waals surface area contributed by atoms with Gasteiger partial charge in [-0.15, -0.1) is 0 Å². The lowest BCUT2D eigenvalue weighted by Crippen LogP contribution is -2.62. The number of carbonyl (C=O) groups excluding carboxylic acids is 5. The topological polar surface area (TPSA) is 186 Å². The minimum atomic E-state index is -3.54. The smallest absolute Gasteiger partial charge is 0.315 e. The van der Waals surface area contributed by atoms with Gasteiger partial charge in [-0.25, -0.2) is 26.7 Å². The van der Waals surface area contributed by atoms with Gasteiger partial charge in [0, 0.05) is 51.6 Å². The minimum absolute atomic E-state index is 0.0386. The number of urea groups is 1. The molecule has 3 fully saturated rings. The molecule has 0 aromatic carbocycles. The Balaban J connectivity index is 1.75. The number of carbonyl (C=O) groups is 5. The summed E-state index contributed by atoms with van der Waals surface area (Å²) < 4.78 is 53.1. The molecule has 2 aliphatic heterocycles. The van der Waals surface area contributed by atoms with Crippen LogP contribution in [0.25, 0.3) is 0 Å². The lowest BCUT2D eigenvalue weighted by Gasteiger charge is -2.38. The molecule has 3 aliphatic rings. The number of likely N-dealkylation sites (tertiary alicyclic amines) is 2. The van der Waals surface area contributed by atoms with Gasteiger partial charge in [0.25, 0.3) is 0 Å². The molecule has 6 atom stereocenters. The standard InChI is InChI=1S/C33H57F2N7O7S/c1-31(2,3)21(17-37-50(9,48)49)39-30(47)40-26(32(4,5)6)29(46)42-18-19-24(33(19,7)8)25(42)28(45)38-20(16-22(34)35)27(44)36-13-11-15-41-14-10-12-23(41)43/h19-22,24-26,37H,10-18H2,1-9H3,(H,36,44)(H,38,45)(H2,39,40,47)/t19-,20-,21+,24-,25-,26+/m0/s1. The van der Waals surface area contributed by atoms with E-state index in [4.69, 9.17) is 0 Å². The zero-order valence-electron chi connectivity index (χ0n) is 30.8. The van der Waals surface area contributed by atoms with Crippen molar-refractivity contribution in [1.82, 2.24) is 35.8 Å². The molecule has 14 nitrogen and oxygen atoms in total. The molecule has 6 amide bonds. The fourth-order valence-corrected chi connectivity index (χ4v) is 7.45. The molecule has 1 saturated carbocycles. The molecule has 5 N–H and O–H groups in total. The number of sulfonamides is 1. The summed E-state index contributed by atoms with van der Waals surface area (Å²) in [5.41, 5.74) is -1.71. The van der Waals surface area contributed by atoms with E-state index in [0.29, 0.717) is 25.9 Å². The van der Waals surface area contributed by atoms with E-state index in [-0.39, 0.29) is 42.8 Å². The lowest BCUT2D eigenvalue weighted by molar-refractivity contribution is -0.144. The van der Waals surface area contributed by atoms with E-state index >= 15 is 0 Å². The maximum absolute atomic E-state index is 14.2. The van der Waals surface area contributed by atoms with Crippen LogP contribution >= 0.6 is 0 Å². The van der Waals surface area contributed by atoms with E-state index in [1.165, 1.54) is 4.90 Å². The Labute approximate surface area is 295 Å². The van der Waals surface area contributed by atoms with Crippen molar-refractivity contribution in [3.05, 3.63) is 0 Å². The van der Waals surface area contributed by atoms with Crippen LogP contribution in [0.2, 0.25) is 0 Å². The van der Waals surface area contributed by atoms with Crippen molar-refractivity contribution in [3.63, 3.8) is 0 Å². The number of halogens is 2. The molecule has 50 heavy (non-hydrogen) atoms. The molecule has 0 aromatic rings. The molecule has 17 heteroatoms. The highest BCUT2D eigenvalue weighted by Gasteiger charge is 2.70. The van der Waals surface area contributed by atoms with Crippen molar-refractivity contribution in [2.75, 3.05) is 39.0 Å². The fourth-order valence-electron chi connectivity index (χ4n) is 6.98. The quantitative estimate of drug-likeness (QED) is 0.158. The van der Waals surface area contributed by atoms with Crippen molar-refractivity contribution in [3.8, 4) is 0 Å². The number of alkyl halides is 2. The number of nitrogens with zero attached hydrogens (tertiary/aromatic N) is 2. The normalized spacial score (nSPS) is 23.6. The summed E-state index contributed by atoms with van der Waals surface area (Å²) >= 11 is 0. The summed E-state index contributed by atoms with van der Waals surface area (Å²) in [6, 6.07) is -5.09. The van der Waals surface area contributed by atoms with Crippen LogP contribution in [0.15, 0.2) is 0 Å². The number of hydrogen-bond donors (Lipinski definition) is 5. The third-order valence-corrected chi connectivity index (χ3v) is 10.9. The van der Waals surface area contributed by atoms with Crippen molar-refractivity contribution in [2.24, 2.45) is 28.1 Å². The van der Waals surface area contributed by atoms with Gasteiger partial charge in [-0.05, 0) is 40.9 Å². The predicted octanol–water partition coefficient (Wildman–Crippen LogP) is 1.42. The third kappa shape index (κ3) is 10.7. The second-order valence-corrected chi connectivity index (χ2v) is 18.5. The molecule has 0 spiro atoms. The highest BCUT2D eigenvalue weighted by atomic mass is 32.2. The van der Waals surface area contributed by atoms with E-state index in [1.54, 1.807) is 25.7 Å². The van der Waals surface area contributed by atoms with Crippen LogP contribution in [0.4, 0.5) is 13.6 Å². The van der Waals surface area contributed by atoms with Gasteiger partial charge in [0.2, 0.25) is 40.1 Å². The van der Waals surface area contributed by atoms with Crippen molar-refractivity contribution in [2.45, 2.75) is 112 Å². The van der Waals surface area contributed by atoms with Gasteiger partial charge in [-0.3, -0.25) is 19.2 Å². The minimum Gasteiger partial charge on any atom is -0.354 e. The average molecular weight is 734 g/mol. The lowest BCUT2D eigenvalue weighted by atomic mass is 9.85. The Morgan fingerprint density at radius 2 is 1.64 bits per heavy atom. The van der Waals surface area contributed by atoms with Gasteiger partial charge in [0.05, 0.1) is 6.26 Å². The van der Waals surface area contributed by atoms with Crippen LogP contribution in [0, 0.1) is 28.1 Å². The monoisotopic (exact) mass is 733 g/mol. The second-order valence-electron chi connectivity index (χ2n) is 16.7. The van der Waals surface area contributed by atoms with E-state index < -0.39 is 81.6 Å². The van der Waals surface area contributed by atoms with E-state index in [2.05, 4.69) is 26.0 Å². The molecule has 1 aliphatic carbocycles. The Hall–Kier alpha value is -3.08. The molecule has 0 unspecified atom stereocenters. The van der Waals surface area contributed by atoms with Crippen LogP contribution < -0.4 is 26.0 Å². The van der Waals surface area contributed by atoms with Crippen LogP contribution in [-0.4, -0.2) is 117 Å². The van der Waals surface area contributed by atoms with Gasteiger partial charge in [0.1, 0.15) is 18.1 Å². The summed E-state index contributed by atoms with van der Waals surface area (Å²) in [4.78, 5) is 69.4. The van der Waals surface area contributed by atoms with Gasteiger partial charge >= 0.3 is 6.03 Å². The summed E-state index contributed by atoms with van der Waals surface area (Å²) in [7, 11) is -3.54. The van der Waals surface area contributed by atoms with Crippen molar-refractivity contribution < 1.29 is 41.2 Å². The van der Waals surface area contributed by atoms with Gasteiger partial charge in [-0.1, -0.05) is 55.4 Å². The largest absolute Gasteiger partial charge is 0.354 e. The summed E-state index contributed by atoms with van der Waals surface area (Å²) in [6.07, 6.45) is -1.12. The Morgan fingerprint density at radius 3 is 2.16 bits per heavy atom. The maximum Gasteiger partial charge on any atom is 0.315 e. The first-order chi connectivity index (χ1) is 22.8. The second kappa shape index (κ2) is 15.7. The van der Waals surface area contributed by atoms with E-state index in [9.17, 15) is 41.2 Å². The number of rotatable bonds is 15. The summed E-state index contributed by atoms with van der Waals surface area (Å²) in [6.45, 7) is 16.0. The first-order valence-corrected chi connectivity index (χ1v) is 19.2. The Morgan fingerprint density at radius 1 is 1.00 bits per heavy atom. The number of hydrogen-bond acceptors (Lipinski definition) is 7. The molecule has 2 saturated heterocycles. The molecule has 0 aromatic heterocycles. The number of nitrogens with one attached hydrogen (secondary N) is 5. The van der Waals surface area contributed by atoms with Crippen LogP contribution in [0.5, 0.6) is 0 Å². The van der Waals surface area contributed by atoms with Crippen LogP contribution in [0.3, 0.4) is 0 Å². The SMILES string of the molecule is CC(C)(C)[C@H](NC(=O)N[C@H](CNS(C)(=O)=O)C(C)(C)C)C(=O)N1C[C@H]2[C@@H]([C@H]1C(=O)N[C@@H](CC(F)F)C(=O)NCCCN1CCCC1=O)C2(C)C. The van der Waals surface area contributed by atoms with Gasteiger partial charge < -0.3 is 31.1 Å². The summed E-state index contributed by atoms with van der Waals surface area (Å²) in [5.74, 6) is -2.35. The molecular formula is C33H57F2N7O7S. The average Bonchev–Trinajstić information content (AvgIpc) is 3.30. The highest BCUT2D eigenvalue weighted by Crippen LogP contribution is 2.65. The predicted molar refractivity (Wildman–Crippen MR) is 183 cm³/mol. The Bertz CT molecular complexity index is 1400. The zero-order valence-corrected chi connectivity index (χ0v) is 31.6. The molecular weight excluding hydrogens is 676 g/mol. The van der Waals surface area contributed by atoms with E-state index in [1.807, 2.05) is 34.6 Å². The number of piperidine rings is 1. The molecule has 2 heterocycles.